The first kappa shape index (κ1) is 11.7. The van der Waals surface area contributed by atoms with Gasteiger partial charge in [-0.05, 0) is 50.1 Å². The Kier molecular flexibility index (Phi) is 2.18. The quantitative estimate of drug-likeness (QED) is 0.678. The molecule has 4 rings (SSSR count). The molecule has 1 unspecified atom stereocenters. The van der Waals surface area contributed by atoms with Crippen molar-refractivity contribution in [3.63, 3.8) is 0 Å². The molecule has 2 aliphatic heterocycles. The molecule has 0 radical (unpaired) electrons. The van der Waals surface area contributed by atoms with Gasteiger partial charge in [0.05, 0.1) is 11.4 Å². The van der Waals surface area contributed by atoms with Crippen molar-refractivity contribution in [1.82, 2.24) is 0 Å². The van der Waals surface area contributed by atoms with E-state index in [1.165, 1.54) is 11.1 Å². The highest BCUT2D eigenvalue weighted by Crippen LogP contribution is 2.45. The van der Waals surface area contributed by atoms with Crippen molar-refractivity contribution in [1.29, 1.82) is 0 Å². The first-order chi connectivity index (χ1) is 9.55. The molecule has 1 aromatic carbocycles. The Labute approximate surface area is 119 Å². The molecule has 0 saturated heterocycles. The smallest absolute Gasteiger partial charge is 0.132 e. The monoisotopic (exact) mass is 263 g/mol. The number of nitrogens with zero attached hydrogens (tertiary/aromatic N) is 1. The predicted molar refractivity (Wildman–Crippen MR) is 81.4 cm³/mol. The topological polar surface area (TPSA) is 21.6 Å². The average molecular weight is 263 g/mol. The zero-order valence-electron chi connectivity index (χ0n) is 12.0. The van der Waals surface area contributed by atoms with Crippen LogP contribution in [0.2, 0.25) is 0 Å². The zero-order chi connectivity index (χ0) is 13.9. The third-order valence-corrected chi connectivity index (χ3v) is 4.12. The molecule has 0 bridgehead atoms. The van der Waals surface area contributed by atoms with E-state index in [2.05, 4.69) is 57.2 Å². The van der Waals surface area contributed by atoms with Crippen LogP contribution in [0.1, 0.15) is 32.3 Å². The van der Waals surface area contributed by atoms with Crippen LogP contribution in [0.4, 0.5) is 5.69 Å². The molecule has 2 heterocycles. The van der Waals surface area contributed by atoms with Crippen molar-refractivity contribution in [2.75, 3.05) is 0 Å². The number of allylic oxidation sites excluding steroid dienone is 4. The Balaban J connectivity index is 1.88. The fourth-order valence-corrected chi connectivity index (χ4v) is 3.13. The van der Waals surface area contributed by atoms with Crippen LogP contribution >= 0.6 is 0 Å². The highest BCUT2D eigenvalue weighted by Gasteiger charge is 2.36. The number of hydrogen-bond donors (Lipinski definition) is 0. The maximum atomic E-state index is 6.14. The van der Waals surface area contributed by atoms with Gasteiger partial charge in [0.15, 0.2) is 0 Å². The van der Waals surface area contributed by atoms with Gasteiger partial charge in [-0.2, -0.15) is 0 Å². The highest BCUT2D eigenvalue weighted by atomic mass is 16.5. The largest absolute Gasteiger partial charge is 0.483 e. The lowest BCUT2D eigenvalue weighted by atomic mass is 9.82. The second-order valence-corrected chi connectivity index (χ2v) is 6.16. The lowest BCUT2D eigenvalue weighted by Gasteiger charge is -2.33. The van der Waals surface area contributed by atoms with E-state index in [4.69, 9.17) is 9.73 Å². The summed E-state index contributed by atoms with van der Waals surface area (Å²) in [5, 5.41) is 0. The molecule has 0 amide bonds. The summed E-state index contributed by atoms with van der Waals surface area (Å²) in [4.78, 5) is 4.82. The summed E-state index contributed by atoms with van der Waals surface area (Å²) in [5.41, 5.74) is 5.62. The van der Waals surface area contributed by atoms with Gasteiger partial charge >= 0.3 is 0 Å². The standard InChI is InChI=1S/C18H17NO/c1-11-10-14-12-6-4-5-7-15(12)19-16(14)13-8-9-18(2,3)20-17(11)13/h4-10,14H,1-3H3. The van der Waals surface area contributed by atoms with Crippen molar-refractivity contribution < 1.29 is 4.74 Å². The van der Waals surface area contributed by atoms with E-state index in [-0.39, 0.29) is 11.5 Å². The molecule has 2 heteroatoms. The summed E-state index contributed by atoms with van der Waals surface area (Å²) < 4.78 is 6.14. The maximum absolute atomic E-state index is 6.14. The Morgan fingerprint density at radius 3 is 2.85 bits per heavy atom. The maximum Gasteiger partial charge on any atom is 0.132 e. The molecular weight excluding hydrogens is 246 g/mol. The van der Waals surface area contributed by atoms with Gasteiger partial charge in [0.2, 0.25) is 0 Å². The number of rotatable bonds is 0. The minimum Gasteiger partial charge on any atom is -0.483 e. The van der Waals surface area contributed by atoms with Crippen LogP contribution in [0.15, 0.2) is 64.4 Å². The lowest BCUT2D eigenvalue weighted by Crippen LogP contribution is -2.29. The number of benzene rings is 1. The van der Waals surface area contributed by atoms with Gasteiger partial charge in [0.1, 0.15) is 11.4 Å². The SMILES string of the molecule is CC1=CC2C(=Nc3ccccc32)C2=C1OC(C)(C)C=C2. The van der Waals surface area contributed by atoms with Crippen LogP contribution in [0.5, 0.6) is 0 Å². The summed E-state index contributed by atoms with van der Waals surface area (Å²) in [5.74, 6) is 1.26. The first-order valence-corrected chi connectivity index (χ1v) is 7.04. The predicted octanol–water partition coefficient (Wildman–Crippen LogP) is 4.44. The van der Waals surface area contributed by atoms with E-state index >= 15 is 0 Å². The number of aliphatic imine (C=N–C) groups is 1. The van der Waals surface area contributed by atoms with Gasteiger partial charge in [0.25, 0.3) is 0 Å². The highest BCUT2D eigenvalue weighted by molar-refractivity contribution is 6.14. The molecule has 3 aliphatic rings. The van der Waals surface area contributed by atoms with Crippen LogP contribution in [0.3, 0.4) is 0 Å². The second kappa shape index (κ2) is 3.72. The van der Waals surface area contributed by atoms with Gasteiger partial charge in [-0.15, -0.1) is 0 Å². The Bertz CT molecular complexity index is 732. The Morgan fingerprint density at radius 1 is 1.20 bits per heavy atom. The average Bonchev–Trinajstić information content (AvgIpc) is 2.77. The van der Waals surface area contributed by atoms with E-state index in [9.17, 15) is 0 Å². The molecule has 1 atom stereocenters. The third kappa shape index (κ3) is 1.54. The van der Waals surface area contributed by atoms with E-state index in [1.807, 2.05) is 6.07 Å². The van der Waals surface area contributed by atoms with Crippen molar-refractivity contribution in [3.8, 4) is 0 Å². The molecule has 0 saturated carbocycles. The number of para-hydroxylation sites is 1. The zero-order valence-corrected chi connectivity index (χ0v) is 12.0. The van der Waals surface area contributed by atoms with Gasteiger partial charge in [-0.25, -0.2) is 0 Å². The summed E-state index contributed by atoms with van der Waals surface area (Å²) in [6.45, 7) is 6.29. The fraction of sp³-hybridized carbons (Fsp3) is 0.278. The van der Waals surface area contributed by atoms with Crippen LogP contribution in [0, 0.1) is 0 Å². The lowest BCUT2D eigenvalue weighted by molar-refractivity contribution is 0.0788. The van der Waals surface area contributed by atoms with E-state index in [1.54, 1.807) is 0 Å². The van der Waals surface area contributed by atoms with Crippen LogP contribution in [-0.2, 0) is 4.74 Å². The summed E-state index contributed by atoms with van der Waals surface area (Å²) in [6, 6.07) is 8.38. The minimum atomic E-state index is -0.243. The van der Waals surface area contributed by atoms with Gasteiger partial charge in [-0.1, -0.05) is 24.3 Å². The van der Waals surface area contributed by atoms with Gasteiger partial charge in [-0.3, -0.25) is 4.99 Å². The minimum absolute atomic E-state index is 0.243. The molecule has 2 nitrogen and oxygen atoms in total. The summed E-state index contributed by atoms with van der Waals surface area (Å²) in [7, 11) is 0. The number of fused-ring (bicyclic) bond motifs is 4. The van der Waals surface area contributed by atoms with Gasteiger partial charge < -0.3 is 4.74 Å². The molecule has 0 spiro atoms. The summed E-state index contributed by atoms with van der Waals surface area (Å²) in [6.07, 6.45) is 6.57. The number of ether oxygens (including phenoxy) is 1. The first-order valence-electron chi connectivity index (χ1n) is 7.04. The second-order valence-electron chi connectivity index (χ2n) is 6.16. The Morgan fingerprint density at radius 2 is 2.00 bits per heavy atom. The van der Waals surface area contributed by atoms with E-state index in [0.29, 0.717) is 0 Å². The molecule has 0 fully saturated rings. The van der Waals surface area contributed by atoms with Crippen molar-refractivity contribution in [2.24, 2.45) is 4.99 Å². The van der Waals surface area contributed by atoms with Crippen molar-refractivity contribution in [3.05, 3.63) is 65.0 Å². The molecule has 100 valence electrons. The van der Waals surface area contributed by atoms with Crippen LogP contribution in [-0.4, -0.2) is 11.3 Å². The molecule has 0 N–H and O–H groups in total. The third-order valence-electron chi connectivity index (χ3n) is 4.12. The molecule has 1 aromatic rings. The van der Waals surface area contributed by atoms with Crippen LogP contribution in [0.25, 0.3) is 0 Å². The summed E-state index contributed by atoms with van der Waals surface area (Å²) >= 11 is 0. The molecule has 0 aromatic heterocycles. The fourth-order valence-electron chi connectivity index (χ4n) is 3.13. The van der Waals surface area contributed by atoms with Crippen LogP contribution < -0.4 is 0 Å². The van der Waals surface area contributed by atoms with E-state index in [0.717, 1.165) is 22.7 Å². The molecule has 20 heavy (non-hydrogen) atoms. The Hall–Kier alpha value is -2.09. The number of hydrogen-bond acceptors (Lipinski definition) is 2. The molecular formula is C18H17NO. The normalized spacial score (nSPS) is 25.2. The van der Waals surface area contributed by atoms with Gasteiger partial charge in [0, 0.05) is 11.5 Å². The molecule has 1 aliphatic carbocycles. The van der Waals surface area contributed by atoms with Crippen molar-refractivity contribution in [2.45, 2.75) is 32.3 Å². The van der Waals surface area contributed by atoms with Crippen molar-refractivity contribution >= 4 is 11.4 Å². The van der Waals surface area contributed by atoms with E-state index < -0.39 is 0 Å².